The van der Waals surface area contributed by atoms with Crippen LogP contribution in [0.25, 0.3) is 0 Å². The predicted octanol–water partition coefficient (Wildman–Crippen LogP) is 1.31. The lowest BCUT2D eigenvalue weighted by atomic mass is 10.2. The molecule has 0 aliphatic heterocycles. The van der Waals surface area contributed by atoms with E-state index < -0.39 is 10.0 Å². The van der Waals surface area contributed by atoms with Crippen LogP contribution in [0.15, 0.2) is 36.7 Å². The highest BCUT2D eigenvalue weighted by atomic mass is 32.2. The molecule has 8 heteroatoms. The Hall–Kier alpha value is -2.22. The fourth-order valence-electron chi connectivity index (χ4n) is 1.78. The second-order valence-electron chi connectivity index (χ2n) is 4.81. The molecule has 7 nitrogen and oxygen atoms in total. The van der Waals surface area contributed by atoms with Gasteiger partial charge in [-0.2, -0.15) is 0 Å². The minimum Gasteiger partial charge on any atom is -0.358 e. The fraction of sp³-hybridized carbons (Fsp3) is 0.357. The number of sulfonamides is 1. The Bertz CT molecular complexity index is 689. The van der Waals surface area contributed by atoms with Crippen molar-refractivity contribution in [3.63, 3.8) is 0 Å². The standard InChI is InChI=1S/C14H19N5O2S/c1-3-22(20,21)18-13-4-5-14(17-16-13)19(2)11-8-12-6-9-15-10-7-12/h4-7,9-10H,3,8,11H2,1-2H3,(H,16,18). The molecule has 22 heavy (non-hydrogen) atoms. The summed E-state index contributed by atoms with van der Waals surface area (Å²) < 4.78 is 25.3. The number of nitrogens with zero attached hydrogens (tertiary/aromatic N) is 4. The third-order valence-electron chi connectivity index (χ3n) is 3.17. The van der Waals surface area contributed by atoms with Gasteiger partial charge in [0, 0.05) is 26.0 Å². The van der Waals surface area contributed by atoms with E-state index in [1.165, 1.54) is 5.56 Å². The summed E-state index contributed by atoms with van der Waals surface area (Å²) in [5.74, 6) is 0.920. The number of likely N-dealkylation sites (N-methyl/N-ethyl adjacent to an activating group) is 1. The van der Waals surface area contributed by atoms with Crippen molar-refractivity contribution in [3.05, 3.63) is 42.2 Å². The van der Waals surface area contributed by atoms with Gasteiger partial charge in [-0.25, -0.2) is 8.42 Å². The quantitative estimate of drug-likeness (QED) is 0.827. The molecule has 0 saturated carbocycles. The SMILES string of the molecule is CCS(=O)(=O)Nc1ccc(N(C)CCc2ccncc2)nn1. The smallest absolute Gasteiger partial charge is 0.233 e. The summed E-state index contributed by atoms with van der Waals surface area (Å²) in [4.78, 5) is 5.95. The van der Waals surface area contributed by atoms with E-state index in [4.69, 9.17) is 0 Å². The number of hydrogen-bond acceptors (Lipinski definition) is 6. The normalized spacial score (nSPS) is 11.2. The lowest BCUT2D eigenvalue weighted by molar-refractivity contribution is 0.602. The van der Waals surface area contributed by atoms with Crippen LogP contribution < -0.4 is 9.62 Å². The van der Waals surface area contributed by atoms with Crippen molar-refractivity contribution >= 4 is 21.7 Å². The molecule has 1 N–H and O–H groups in total. The third-order valence-corrected chi connectivity index (χ3v) is 4.45. The molecule has 0 saturated heterocycles. The van der Waals surface area contributed by atoms with E-state index in [9.17, 15) is 8.42 Å². The van der Waals surface area contributed by atoms with Gasteiger partial charge in [0.05, 0.1) is 5.75 Å². The number of hydrogen-bond donors (Lipinski definition) is 1. The van der Waals surface area contributed by atoms with E-state index in [1.807, 2.05) is 24.1 Å². The summed E-state index contributed by atoms with van der Waals surface area (Å²) in [6.45, 7) is 2.34. The maximum atomic E-state index is 11.5. The molecule has 0 aromatic carbocycles. The first-order valence-corrected chi connectivity index (χ1v) is 8.59. The highest BCUT2D eigenvalue weighted by molar-refractivity contribution is 7.92. The molecule has 2 rings (SSSR count). The van der Waals surface area contributed by atoms with Gasteiger partial charge in [-0.3, -0.25) is 9.71 Å². The summed E-state index contributed by atoms with van der Waals surface area (Å²) in [7, 11) is -1.41. The van der Waals surface area contributed by atoms with E-state index in [2.05, 4.69) is 19.9 Å². The van der Waals surface area contributed by atoms with Crippen LogP contribution in [0.1, 0.15) is 12.5 Å². The Morgan fingerprint density at radius 3 is 2.45 bits per heavy atom. The van der Waals surface area contributed by atoms with Gasteiger partial charge in [-0.15, -0.1) is 10.2 Å². The Balaban J connectivity index is 1.95. The summed E-state index contributed by atoms with van der Waals surface area (Å²) in [5, 5.41) is 7.94. The van der Waals surface area contributed by atoms with E-state index in [0.29, 0.717) is 5.82 Å². The average Bonchev–Trinajstić information content (AvgIpc) is 2.54. The van der Waals surface area contributed by atoms with Gasteiger partial charge >= 0.3 is 0 Å². The molecule has 0 aliphatic rings. The molecule has 0 amide bonds. The lowest BCUT2D eigenvalue weighted by Crippen LogP contribution is -2.22. The number of nitrogens with one attached hydrogen (secondary N) is 1. The van der Waals surface area contributed by atoms with Gasteiger partial charge in [0.2, 0.25) is 10.0 Å². The Morgan fingerprint density at radius 2 is 1.86 bits per heavy atom. The summed E-state index contributed by atoms with van der Waals surface area (Å²) in [6, 6.07) is 7.30. The van der Waals surface area contributed by atoms with Crippen LogP contribution in [-0.4, -0.2) is 42.9 Å². The molecule has 2 aromatic heterocycles. The van der Waals surface area contributed by atoms with Crippen LogP contribution in [0.4, 0.5) is 11.6 Å². The van der Waals surface area contributed by atoms with Crippen molar-refractivity contribution in [1.82, 2.24) is 15.2 Å². The minimum atomic E-state index is -3.32. The Labute approximate surface area is 130 Å². The Kier molecular flexibility index (Phi) is 5.26. The van der Waals surface area contributed by atoms with Gasteiger partial charge in [0.1, 0.15) is 0 Å². The molecule has 0 radical (unpaired) electrons. The molecule has 2 aromatic rings. The van der Waals surface area contributed by atoms with E-state index in [1.54, 1.807) is 31.5 Å². The first kappa shape index (κ1) is 16.2. The third kappa shape index (κ3) is 4.66. The second-order valence-corrected chi connectivity index (χ2v) is 6.82. The first-order chi connectivity index (χ1) is 10.5. The molecular weight excluding hydrogens is 302 g/mol. The largest absolute Gasteiger partial charge is 0.358 e. The van der Waals surface area contributed by atoms with E-state index in [0.717, 1.165) is 13.0 Å². The molecule has 0 unspecified atom stereocenters. The predicted molar refractivity (Wildman–Crippen MR) is 86.3 cm³/mol. The van der Waals surface area contributed by atoms with Crippen LogP contribution in [0, 0.1) is 0 Å². The van der Waals surface area contributed by atoms with Crippen molar-refractivity contribution in [2.45, 2.75) is 13.3 Å². The van der Waals surface area contributed by atoms with Crippen molar-refractivity contribution in [2.75, 3.05) is 29.0 Å². The zero-order valence-electron chi connectivity index (χ0n) is 12.6. The molecule has 2 heterocycles. The van der Waals surface area contributed by atoms with Crippen molar-refractivity contribution in [3.8, 4) is 0 Å². The fourth-order valence-corrected chi connectivity index (χ4v) is 2.35. The second kappa shape index (κ2) is 7.17. The highest BCUT2D eigenvalue weighted by Crippen LogP contribution is 2.12. The van der Waals surface area contributed by atoms with Crippen LogP contribution in [-0.2, 0) is 16.4 Å². The monoisotopic (exact) mass is 321 g/mol. The highest BCUT2D eigenvalue weighted by Gasteiger charge is 2.09. The summed E-state index contributed by atoms with van der Waals surface area (Å²) in [6.07, 6.45) is 4.40. The molecule has 0 atom stereocenters. The van der Waals surface area contributed by atoms with Gasteiger partial charge in [0.15, 0.2) is 11.6 Å². The van der Waals surface area contributed by atoms with Crippen molar-refractivity contribution in [1.29, 1.82) is 0 Å². The molecule has 0 spiro atoms. The maximum Gasteiger partial charge on any atom is 0.233 e. The van der Waals surface area contributed by atoms with Gasteiger partial charge in [0.25, 0.3) is 0 Å². The van der Waals surface area contributed by atoms with Crippen LogP contribution in [0.5, 0.6) is 0 Å². The Morgan fingerprint density at radius 1 is 1.14 bits per heavy atom. The van der Waals surface area contributed by atoms with Crippen LogP contribution >= 0.6 is 0 Å². The van der Waals surface area contributed by atoms with Gasteiger partial charge in [-0.05, 0) is 43.2 Å². The number of rotatable bonds is 7. The van der Waals surface area contributed by atoms with Gasteiger partial charge < -0.3 is 4.90 Å². The van der Waals surface area contributed by atoms with E-state index >= 15 is 0 Å². The molecular formula is C14H19N5O2S. The maximum absolute atomic E-state index is 11.5. The number of aromatic nitrogens is 3. The molecule has 0 bridgehead atoms. The number of pyridine rings is 1. The topological polar surface area (TPSA) is 88.1 Å². The zero-order valence-corrected chi connectivity index (χ0v) is 13.4. The zero-order chi connectivity index (χ0) is 16.0. The van der Waals surface area contributed by atoms with Crippen LogP contribution in [0.2, 0.25) is 0 Å². The van der Waals surface area contributed by atoms with Crippen molar-refractivity contribution in [2.24, 2.45) is 0 Å². The molecule has 0 fully saturated rings. The first-order valence-electron chi connectivity index (χ1n) is 6.94. The van der Waals surface area contributed by atoms with Crippen LogP contribution in [0.3, 0.4) is 0 Å². The lowest BCUT2D eigenvalue weighted by Gasteiger charge is -2.17. The number of anilines is 2. The molecule has 118 valence electrons. The van der Waals surface area contributed by atoms with Gasteiger partial charge in [-0.1, -0.05) is 0 Å². The minimum absolute atomic E-state index is 0.00225. The molecule has 0 aliphatic carbocycles. The average molecular weight is 321 g/mol. The van der Waals surface area contributed by atoms with Crippen molar-refractivity contribution < 1.29 is 8.42 Å². The van der Waals surface area contributed by atoms with E-state index in [-0.39, 0.29) is 11.6 Å². The summed E-state index contributed by atoms with van der Waals surface area (Å²) in [5.41, 5.74) is 1.20. The summed E-state index contributed by atoms with van der Waals surface area (Å²) >= 11 is 0.